The van der Waals surface area contributed by atoms with Gasteiger partial charge in [-0.1, -0.05) is 17.4 Å². The molecule has 0 nitrogen and oxygen atoms in total. The van der Waals surface area contributed by atoms with Gasteiger partial charge in [0.15, 0.2) is 0 Å². The lowest BCUT2D eigenvalue weighted by molar-refractivity contribution is 0.632. The van der Waals surface area contributed by atoms with E-state index >= 15 is 0 Å². The van der Waals surface area contributed by atoms with Crippen LogP contribution in [0.1, 0.15) is 25.7 Å². The minimum atomic E-state index is 0.344. The molecule has 0 aromatic rings. The Labute approximate surface area is 61.4 Å². The van der Waals surface area contributed by atoms with E-state index in [1.165, 1.54) is 30.1 Å². The van der Waals surface area contributed by atoms with Gasteiger partial charge in [0, 0.05) is 0 Å². The van der Waals surface area contributed by atoms with E-state index in [-0.39, 0.29) is 0 Å². The normalized spacial score (nSPS) is 22.0. The topological polar surface area (TPSA) is 0 Å². The first-order valence-electron chi connectivity index (χ1n) is 3.26. The number of alkyl halides is 1. The lowest BCUT2D eigenvalue weighted by Gasteiger charge is -2.00. The van der Waals surface area contributed by atoms with Crippen LogP contribution in [0.4, 0.5) is 0 Å². The van der Waals surface area contributed by atoms with Crippen LogP contribution in [0, 0.1) is 5.92 Å². The maximum Gasteiger partial charge on any atom is -0.00292 e. The van der Waals surface area contributed by atoms with E-state index in [0.717, 1.165) is 5.92 Å². The van der Waals surface area contributed by atoms with Crippen molar-refractivity contribution < 1.29 is 0 Å². The fourth-order valence-corrected chi connectivity index (χ4v) is 3.08. The molecule has 1 saturated carbocycles. The van der Waals surface area contributed by atoms with Crippen molar-refractivity contribution in [3.63, 3.8) is 0 Å². The Hall–Kier alpha value is 0.600. The van der Waals surface area contributed by atoms with Gasteiger partial charge in [0.05, 0.1) is 0 Å². The number of hydrogen-bond acceptors (Lipinski definition) is 0. The first kappa shape index (κ1) is 6.72. The summed E-state index contributed by atoms with van der Waals surface area (Å²) in [7, 11) is 0. The molecule has 0 heterocycles. The standard InChI is InChI=1S/C7H13I/c1-8-6-7-4-2-3-5-7/h7H,1-6H2. The molecule has 1 aliphatic carbocycles. The van der Waals surface area contributed by atoms with Gasteiger partial charge in [0.1, 0.15) is 0 Å². The van der Waals surface area contributed by atoms with Crippen LogP contribution in [-0.2, 0) is 0 Å². The van der Waals surface area contributed by atoms with Crippen LogP contribution in [-0.4, -0.2) is 8.94 Å². The molecule has 0 saturated heterocycles. The van der Waals surface area contributed by atoms with Crippen LogP contribution in [0.5, 0.6) is 0 Å². The molecule has 0 unspecified atom stereocenters. The molecule has 0 atom stereocenters. The zero-order chi connectivity index (χ0) is 5.82. The Bertz CT molecular complexity index is 72.5. The monoisotopic (exact) mass is 224 g/mol. The number of rotatable bonds is 2. The van der Waals surface area contributed by atoms with Gasteiger partial charge in [-0.3, -0.25) is 0 Å². The number of hydrogen-bond donors (Lipinski definition) is 0. The van der Waals surface area contributed by atoms with Crippen molar-refractivity contribution in [3.05, 3.63) is 0 Å². The van der Waals surface area contributed by atoms with Gasteiger partial charge < -0.3 is 0 Å². The summed E-state index contributed by atoms with van der Waals surface area (Å²) >= 11 is 0.344. The molecule has 0 spiro atoms. The third-order valence-electron chi connectivity index (χ3n) is 1.80. The molecule has 8 heavy (non-hydrogen) atoms. The summed E-state index contributed by atoms with van der Waals surface area (Å²) in [5, 5.41) is 0. The predicted molar refractivity (Wildman–Crippen MR) is 48.0 cm³/mol. The summed E-state index contributed by atoms with van der Waals surface area (Å²) in [4.78, 5) is 0. The lowest BCUT2D eigenvalue weighted by atomic mass is 10.2. The van der Waals surface area contributed by atoms with Gasteiger partial charge in [0.25, 0.3) is 0 Å². The van der Waals surface area contributed by atoms with Crippen LogP contribution in [0.3, 0.4) is 0 Å². The minimum absolute atomic E-state index is 0.344. The molecule has 0 radical (unpaired) electrons. The summed E-state index contributed by atoms with van der Waals surface area (Å²) in [5.74, 6) is 1.10. The average Bonchev–Trinajstić information content (AvgIpc) is 2.19. The molecule has 0 amide bonds. The van der Waals surface area contributed by atoms with Crippen molar-refractivity contribution in [2.24, 2.45) is 5.92 Å². The van der Waals surface area contributed by atoms with Crippen molar-refractivity contribution in [2.45, 2.75) is 25.7 Å². The lowest BCUT2D eigenvalue weighted by Crippen LogP contribution is -1.92. The van der Waals surface area contributed by atoms with Crippen molar-refractivity contribution in [1.29, 1.82) is 0 Å². The Balaban J connectivity index is 2.14. The molecule has 0 bridgehead atoms. The third-order valence-corrected chi connectivity index (χ3v) is 3.67. The van der Waals surface area contributed by atoms with E-state index < -0.39 is 0 Å². The second kappa shape index (κ2) is 3.59. The summed E-state index contributed by atoms with van der Waals surface area (Å²) in [6.45, 7) is 0. The summed E-state index contributed by atoms with van der Waals surface area (Å²) in [6, 6.07) is 0. The van der Waals surface area contributed by atoms with E-state index in [9.17, 15) is 0 Å². The van der Waals surface area contributed by atoms with Crippen molar-refractivity contribution in [2.75, 3.05) is 4.43 Å². The van der Waals surface area contributed by atoms with Crippen molar-refractivity contribution in [1.82, 2.24) is 0 Å². The first-order chi connectivity index (χ1) is 3.93. The molecule has 1 heteroatoms. The maximum atomic E-state index is 3.96. The fraction of sp³-hybridized carbons (Fsp3) is 0.857. The smallest absolute Gasteiger partial charge is 0.00292 e. The summed E-state index contributed by atoms with van der Waals surface area (Å²) in [6.07, 6.45) is 6.01. The highest BCUT2D eigenvalue weighted by molar-refractivity contribution is 14.2. The maximum absolute atomic E-state index is 3.96. The molecule has 0 aliphatic heterocycles. The first-order valence-corrected chi connectivity index (χ1v) is 6.31. The van der Waals surface area contributed by atoms with Crippen molar-refractivity contribution in [3.8, 4) is 0 Å². The highest BCUT2D eigenvalue weighted by Crippen LogP contribution is 2.26. The second-order valence-corrected chi connectivity index (χ2v) is 4.45. The molecule has 0 N–H and O–H groups in total. The average molecular weight is 224 g/mol. The third kappa shape index (κ3) is 1.84. The zero-order valence-electron chi connectivity index (χ0n) is 5.20. The minimum Gasteiger partial charge on any atom is -0.130 e. The molecular weight excluding hydrogens is 211 g/mol. The summed E-state index contributed by atoms with van der Waals surface area (Å²) in [5.41, 5.74) is 0. The predicted octanol–water partition coefficient (Wildman–Crippen LogP) is 2.58. The second-order valence-electron chi connectivity index (χ2n) is 2.49. The highest BCUT2D eigenvalue weighted by Gasteiger charge is 2.12. The van der Waals surface area contributed by atoms with Gasteiger partial charge in [-0.2, -0.15) is 0 Å². The fourth-order valence-electron chi connectivity index (χ4n) is 1.32. The Kier molecular flexibility index (Phi) is 3.02. The SMILES string of the molecule is C=ICC1CCCC1. The van der Waals surface area contributed by atoms with Crippen LogP contribution in [0.15, 0.2) is 0 Å². The Morgan fingerprint density at radius 3 is 2.50 bits per heavy atom. The molecule has 48 valence electrons. The van der Waals surface area contributed by atoms with Gasteiger partial charge >= 0.3 is 0 Å². The van der Waals surface area contributed by atoms with Crippen molar-refractivity contribution >= 4 is 25.2 Å². The zero-order valence-corrected chi connectivity index (χ0v) is 7.36. The van der Waals surface area contributed by atoms with Gasteiger partial charge in [0.2, 0.25) is 0 Å². The van der Waals surface area contributed by atoms with Gasteiger partial charge in [-0.25, -0.2) is 0 Å². The largest absolute Gasteiger partial charge is 0.130 e. The molecule has 0 aromatic heterocycles. The van der Waals surface area contributed by atoms with E-state index in [0.29, 0.717) is 20.7 Å². The summed E-state index contributed by atoms with van der Waals surface area (Å²) < 4.78 is 5.44. The van der Waals surface area contributed by atoms with E-state index in [1.807, 2.05) is 0 Å². The van der Waals surface area contributed by atoms with Crippen LogP contribution in [0.2, 0.25) is 0 Å². The van der Waals surface area contributed by atoms with E-state index in [4.69, 9.17) is 0 Å². The Morgan fingerprint density at radius 1 is 1.38 bits per heavy atom. The number of halogens is 1. The molecule has 0 aromatic carbocycles. The highest BCUT2D eigenvalue weighted by atomic mass is 127. The van der Waals surface area contributed by atoms with Crippen LogP contribution < -0.4 is 0 Å². The van der Waals surface area contributed by atoms with Gasteiger partial charge in [-0.05, 0) is 23.2 Å². The molecular formula is C7H13I. The molecule has 1 rings (SSSR count). The van der Waals surface area contributed by atoms with Crippen LogP contribution in [0.25, 0.3) is 0 Å². The Morgan fingerprint density at radius 2 is 2.00 bits per heavy atom. The van der Waals surface area contributed by atoms with Gasteiger partial charge in [-0.15, -0.1) is 20.7 Å². The molecule has 1 fully saturated rings. The van der Waals surface area contributed by atoms with E-state index in [2.05, 4.69) is 4.51 Å². The van der Waals surface area contributed by atoms with E-state index in [1.54, 1.807) is 0 Å². The van der Waals surface area contributed by atoms with Crippen LogP contribution >= 0.6 is 20.7 Å². The quantitative estimate of drug-likeness (QED) is 0.499. The molecule has 1 aliphatic rings.